The zero-order chi connectivity index (χ0) is 11.4. The van der Waals surface area contributed by atoms with E-state index in [4.69, 9.17) is 11.6 Å². The van der Waals surface area contributed by atoms with Crippen molar-refractivity contribution in [3.05, 3.63) is 21.3 Å². The molecule has 2 nitrogen and oxygen atoms in total. The minimum absolute atomic E-state index is 0.283. The normalized spacial score (nSPS) is 15.7. The molecule has 0 N–H and O–H groups in total. The summed E-state index contributed by atoms with van der Waals surface area (Å²) in [5, 5.41) is 0. The summed E-state index contributed by atoms with van der Waals surface area (Å²) in [5.41, 5.74) is 0. The van der Waals surface area contributed by atoms with Gasteiger partial charge in [-0.05, 0) is 25.0 Å². The van der Waals surface area contributed by atoms with Crippen LogP contribution in [-0.4, -0.2) is 29.6 Å². The molecule has 0 bridgehead atoms. The molecule has 88 valence electrons. The molecule has 16 heavy (non-hydrogen) atoms. The predicted molar refractivity (Wildman–Crippen MR) is 71.3 cm³/mol. The number of halogens is 1. The molecular weight excluding hydrogens is 262 g/mol. The van der Waals surface area contributed by atoms with Crippen LogP contribution in [0.3, 0.4) is 0 Å². The van der Waals surface area contributed by atoms with Gasteiger partial charge in [-0.25, -0.2) is 0 Å². The highest BCUT2D eigenvalue weighted by Crippen LogP contribution is 2.25. The Bertz CT molecular complexity index is 361. The number of nitrogens with zero attached hydrogens (tertiary/aromatic N) is 1. The third kappa shape index (κ3) is 3.40. The molecule has 0 aliphatic carbocycles. The van der Waals surface area contributed by atoms with Gasteiger partial charge in [0.05, 0.1) is 10.1 Å². The molecule has 1 aliphatic rings. The van der Waals surface area contributed by atoms with E-state index < -0.39 is 0 Å². The van der Waals surface area contributed by atoms with Crippen LogP contribution in [0.1, 0.15) is 17.7 Å². The molecule has 5 heteroatoms. The molecule has 0 atom stereocenters. The molecule has 0 aromatic carbocycles. The standard InChI is InChI=1S/C11H14ClNOS2/c12-10-4-3-9(16-10)7-15-8-11(14)13-5-1-2-6-13/h3-4H,1-2,5-8H2. The minimum atomic E-state index is 0.283. The second kappa shape index (κ2) is 5.94. The zero-order valence-electron chi connectivity index (χ0n) is 8.95. The topological polar surface area (TPSA) is 20.3 Å². The summed E-state index contributed by atoms with van der Waals surface area (Å²) in [5.74, 6) is 1.76. The van der Waals surface area contributed by atoms with Crippen molar-refractivity contribution in [1.82, 2.24) is 4.90 Å². The lowest BCUT2D eigenvalue weighted by molar-refractivity contribution is -0.127. The molecule has 2 heterocycles. The highest BCUT2D eigenvalue weighted by atomic mass is 35.5. The van der Waals surface area contributed by atoms with Crippen molar-refractivity contribution in [1.29, 1.82) is 0 Å². The fourth-order valence-corrected chi connectivity index (χ4v) is 3.85. The van der Waals surface area contributed by atoms with Crippen LogP contribution < -0.4 is 0 Å². The van der Waals surface area contributed by atoms with Gasteiger partial charge in [0.1, 0.15) is 0 Å². The van der Waals surface area contributed by atoms with Gasteiger partial charge in [0, 0.05) is 23.7 Å². The Labute approximate surface area is 109 Å². The SMILES string of the molecule is O=C(CSCc1ccc(Cl)s1)N1CCCC1. The molecule has 0 saturated carbocycles. The zero-order valence-corrected chi connectivity index (χ0v) is 11.3. The van der Waals surface area contributed by atoms with Crippen molar-refractivity contribution in [3.63, 3.8) is 0 Å². The largest absolute Gasteiger partial charge is 0.342 e. The van der Waals surface area contributed by atoms with Crippen LogP contribution in [0.4, 0.5) is 0 Å². The molecule has 1 aromatic rings. The molecule has 1 aromatic heterocycles. The van der Waals surface area contributed by atoms with Gasteiger partial charge >= 0.3 is 0 Å². The average molecular weight is 276 g/mol. The van der Waals surface area contributed by atoms with E-state index in [-0.39, 0.29) is 5.91 Å². The smallest absolute Gasteiger partial charge is 0.232 e. The van der Waals surface area contributed by atoms with E-state index >= 15 is 0 Å². The van der Waals surface area contributed by atoms with Crippen molar-refractivity contribution >= 4 is 40.6 Å². The number of hydrogen-bond acceptors (Lipinski definition) is 3. The van der Waals surface area contributed by atoms with E-state index in [1.165, 1.54) is 4.88 Å². The first-order valence-electron chi connectivity index (χ1n) is 5.35. The summed E-state index contributed by atoms with van der Waals surface area (Å²) in [4.78, 5) is 14.9. The molecule has 0 spiro atoms. The fraction of sp³-hybridized carbons (Fsp3) is 0.545. The lowest BCUT2D eigenvalue weighted by atomic mass is 10.4. The van der Waals surface area contributed by atoms with E-state index in [1.807, 2.05) is 17.0 Å². The third-order valence-corrected chi connectivity index (χ3v) is 4.94. The summed E-state index contributed by atoms with van der Waals surface area (Å²) >= 11 is 9.11. The monoisotopic (exact) mass is 275 g/mol. The Kier molecular flexibility index (Phi) is 4.55. The molecule has 1 aliphatic heterocycles. The highest BCUT2D eigenvalue weighted by molar-refractivity contribution is 7.99. The fourth-order valence-electron chi connectivity index (χ4n) is 1.73. The van der Waals surface area contributed by atoms with Crippen LogP contribution >= 0.6 is 34.7 Å². The summed E-state index contributed by atoms with van der Waals surface area (Å²) in [7, 11) is 0. The number of hydrogen-bond donors (Lipinski definition) is 0. The van der Waals surface area contributed by atoms with Crippen molar-refractivity contribution < 1.29 is 4.79 Å². The maximum Gasteiger partial charge on any atom is 0.232 e. The van der Waals surface area contributed by atoms with Gasteiger partial charge in [-0.2, -0.15) is 0 Å². The second-order valence-corrected chi connectivity index (χ2v) is 6.57. The van der Waals surface area contributed by atoms with E-state index in [1.54, 1.807) is 23.1 Å². The van der Waals surface area contributed by atoms with Gasteiger partial charge in [-0.3, -0.25) is 4.79 Å². The Hall–Kier alpha value is -0.190. The second-order valence-electron chi connectivity index (χ2n) is 3.79. The van der Waals surface area contributed by atoms with Crippen LogP contribution in [-0.2, 0) is 10.5 Å². The van der Waals surface area contributed by atoms with Crippen molar-refractivity contribution in [2.75, 3.05) is 18.8 Å². The highest BCUT2D eigenvalue weighted by Gasteiger charge is 2.17. The van der Waals surface area contributed by atoms with E-state index in [9.17, 15) is 4.79 Å². The van der Waals surface area contributed by atoms with Crippen molar-refractivity contribution in [3.8, 4) is 0 Å². The Morgan fingerprint density at radius 3 is 2.81 bits per heavy atom. The first-order valence-corrected chi connectivity index (χ1v) is 7.70. The lowest BCUT2D eigenvalue weighted by Crippen LogP contribution is -2.29. The number of thioether (sulfide) groups is 1. The Morgan fingerprint density at radius 1 is 1.44 bits per heavy atom. The van der Waals surface area contributed by atoms with Gasteiger partial charge in [-0.15, -0.1) is 23.1 Å². The summed E-state index contributed by atoms with van der Waals surface area (Å²) in [6.45, 7) is 1.90. The average Bonchev–Trinajstić information content (AvgIpc) is 2.89. The lowest BCUT2D eigenvalue weighted by Gasteiger charge is -2.14. The molecule has 0 unspecified atom stereocenters. The minimum Gasteiger partial charge on any atom is -0.342 e. The number of thiophene rings is 1. The van der Waals surface area contributed by atoms with Crippen LogP contribution in [0, 0.1) is 0 Å². The van der Waals surface area contributed by atoms with E-state index in [0.29, 0.717) is 5.75 Å². The molecule has 1 amide bonds. The molecule has 1 fully saturated rings. The third-order valence-electron chi connectivity index (χ3n) is 2.56. The maximum atomic E-state index is 11.7. The number of amides is 1. The Morgan fingerprint density at radius 2 is 2.19 bits per heavy atom. The number of carbonyl (C=O) groups is 1. The van der Waals surface area contributed by atoms with Crippen molar-refractivity contribution in [2.24, 2.45) is 0 Å². The summed E-state index contributed by atoms with van der Waals surface area (Å²) in [6, 6.07) is 3.94. The van der Waals surface area contributed by atoms with Crippen LogP contribution in [0.2, 0.25) is 4.34 Å². The van der Waals surface area contributed by atoms with E-state index in [2.05, 4.69) is 0 Å². The van der Waals surface area contributed by atoms with Gasteiger partial charge in [-0.1, -0.05) is 11.6 Å². The first kappa shape index (κ1) is 12.3. The van der Waals surface area contributed by atoms with Gasteiger partial charge in [0.15, 0.2) is 0 Å². The van der Waals surface area contributed by atoms with Gasteiger partial charge in [0.2, 0.25) is 5.91 Å². The van der Waals surface area contributed by atoms with Crippen LogP contribution in [0.5, 0.6) is 0 Å². The predicted octanol–water partition coefficient (Wildman–Crippen LogP) is 3.26. The summed E-state index contributed by atoms with van der Waals surface area (Å²) in [6.07, 6.45) is 2.33. The van der Waals surface area contributed by atoms with E-state index in [0.717, 1.165) is 36.0 Å². The number of carbonyl (C=O) groups excluding carboxylic acids is 1. The molecule has 0 radical (unpaired) electrons. The maximum absolute atomic E-state index is 11.7. The molecular formula is C11H14ClNOS2. The van der Waals surface area contributed by atoms with Crippen molar-refractivity contribution in [2.45, 2.75) is 18.6 Å². The first-order chi connectivity index (χ1) is 7.75. The van der Waals surface area contributed by atoms with Gasteiger partial charge in [0.25, 0.3) is 0 Å². The van der Waals surface area contributed by atoms with Gasteiger partial charge < -0.3 is 4.90 Å². The van der Waals surface area contributed by atoms with Crippen LogP contribution in [0.25, 0.3) is 0 Å². The number of likely N-dealkylation sites (tertiary alicyclic amines) is 1. The molecule has 2 rings (SSSR count). The quantitative estimate of drug-likeness (QED) is 0.841. The summed E-state index contributed by atoms with van der Waals surface area (Å²) < 4.78 is 0.821. The van der Waals surface area contributed by atoms with Crippen LogP contribution in [0.15, 0.2) is 12.1 Å². The Balaban J connectivity index is 1.69. The molecule has 1 saturated heterocycles. The number of rotatable bonds is 4.